The second-order valence-corrected chi connectivity index (χ2v) is 7.71. The molecule has 11 heteroatoms. The van der Waals surface area contributed by atoms with Gasteiger partial charge >= 0.3 is 6.18 Å². The Labute approximate surface area is 181 Å². The normalized spacial score (nSPS) is 17.3. The molecule has 0 saturated carbocycles. The maximum atomic E-state index is 13.4. The third kappa shape index (κ3) is 3.48. The first-order valence-corrected chi connectivity index (χ1v) is 10.1. The molecule has 1 unspecified atom stereocenters. The molecule has 4 aromatic heterocycles. The van der Waals surface area contributed by atoms with E-state index in [1.807, 2.05) is 13.0 Å². The predicted octanol–water partition coefficient (Wildman–Crippen LogP) is 3.66. The summed E-state index contributed by atoms with van der Waals surface area (Å²) in [4.78, 5) is 11.5. The molecule has 32 heavy (non-hydrogen) atoms. The number of fused-ring (bicyclic) bond motifs is 1. The van der Waals surface area contributed by atoms with Crippen LogP contribution in [-0.2, 0) is 18.0 Å². The number of aryl methyl sites for hydroxylation is 1. The van der Waals surface area contributed by atoms with E-state index in [1.54, 1.807) is 24.5 Å². The van der Waals surface area contributed by atoms with E-state index >= 15 is 0 Å². The number of morpholine rings is 1. The van der Waals surface area contributed by atoms with E-state index in [4.69, 9.17) is 9.72 Å². The topological polar surface area (TPSA) is 84.8 Å². The Morgan fingerprint density at radius 1 is 1.19 bits per heavy atom. The number of ether oxygens (including phenoxy) is 1. The van der Waals surface area contributed by atoms with Gasteiger partial charge in [0, 0.05) is 36.9 Å². The lowest BCUT2D eigenvalue weighted by molar-refractivity contribution is -0.141. The summed E-state index contributed by atoms with van der Waals surface area (Å²) in [5.41, 5.74) is 1.80. The Bertz CT molecular complexity index is 1270. The van der Waals surface area contributed by atoms with Crippen LogP contribution in [0.15, 0.2) is 36.7 Å². The van der Waals surface area contributed by atoms with Crippen molar-refractivity contribution in [2.24, 2.45) is 7.05 Å². The molecule has 5 rings (SSSR count). The van der Waals surface area contributed by atoms with Crippen LogP contribution in [0.1, 0.15) is 12.6 Å². The zero-order valence-corrected chi connectivity index (χ0v) is 17.4. The lowest BCUT2D eigenvalue weighted by Crippen LogP contribution is -2.44. The standard InChI is InChI=1S/C21H20F3N7O/c1-12-11-32-8-7-31(12)18-9-14(16-10-17(21(22,23)24)29-30(16)2)13-3-5-25-20(19(13)27-18)15-4-6-26-28-15/h3-6,9-10,12H,7-8,11H2,1-2H3,(H,26,28). The second kappa shape index (κ2) is 7.59. The number of pyridine rings is 2. The Hall–Kier alpha value is -3.47. The van der Waals surface area contributed by atoms with Crippen molar-refractivity contribution in [3.63, 3.8) is 0 Å². The first-order chi connectivity index (χ1) is 15.3. The summed E-state index contributed by atoms with van der Waals surface area (Å²) >= 11 is 0. The van der Waals surface area contributed by atoms with Gasteiger partial charge in [-0.15, -0.1) is 0 Å². The van der Waals surface area contributed by atoms with Gasteiger partial charge in [0.2, 0.25) is 0 Å². The van der Waals surface area contributed by atoms with E-state index in [1.165, 1.54) is 11.7 Å². The summed E-state index contributed by atoms with van der Waals surface area (Å²) in [5.74, 6) is 0.645. The zero-order chi connectivity index (χ0) is 22.5. The van der Waals surface area contributed by atoms with Gasteiger partial charge in [0.25, 0.3) is 0 Å². The summed E-state index contributed by atoms with van der Waals surface area (Å²) < 4.78 is 46.8. The van der Waals surface area contributed by atoms with Crippen LogP contribution >= 0.6 is 0 Å². The quantitative estimate of drug-likeness (QED) is 0.520. The first kappa shape index (κ1) is 20.4. The number of H-pyrrole nitrogens is 1. The van der Waals surface area contributed by atoms with Crippen molar-refractivity contribution in [3.8, 4) is 22.6 Å². The van der Waals surface area contributed by atoms with Gasteiger partial charge in [0.1, 0.15) is 17.0 Å². The van der Waals surface area contributed by atoms with Crippen LogP contribution in [-0.4, -0.2) is 55.7 Å². The summed E-state index contributed by atoms with van der Waals surface area (Å²) in [6.45, 7) is 3.73. The van der Waals surface area contributed by atoms with Gasteiger partial charge < -0.3 is 9.64 Å². The molecule has 0 aliphatic carbocycles. The third-order valence-corrected chi connectivity index (χ3v) is 5.58. The number of halogens is 3. The van der Waals surface area contributed by atoms with E-state index < -0.39 is 11.9 Å². The number of nitrogens with one attached hydrogen (secondary N) is 1. The molecule has 0 aromatic carbocycles. The summed E-state index contributed by atoms with van der Waals surface area (Å²) in [6, 6.07) is 6.48. The molecule has 0 spiro atoms. The number of aromatic amines is 1. The van der Waals surface area contributed by atoms with E-state index in [0.717, 1.165) is 6.07 Å². The van der Waals surface area contributed by atoms with Gasteiger partial charge in [-0.1, -0.05) is 0 Å². The summed E-state index contributed by atoms with van der Waals surface area (Å²) in [7, 11) is 1.50. The van der Waals surface area contributed by atoms with Crippen molar-refractivity contribution in [1.82, 2.24) is 29.9 Å². The van der Waals surface area contributed by atoms with Crippen LogP contribution in [0.2, 0.25) is 0 Å². The van der Waals surface area contributed by atoms with Gasteiger partial charge in [-0.25, -0.2) is 4.98 Å². The number of nitrogens with zero attached hydrogens (tertiary/aromatic N) is 6. The van der Waals surface area contributed by atoms with E-state index in [0.29, 0.717) is 59.1 Å². The zero-order valence-electron chi connectivity index (χ0n) is 17.4. The number of alkyl halides is 3. The third-order valence-electron chi connectivity index (χ3n) is 5.58. The molecule has 166 valence electrons. The molecule has 5 heterocycles. The van der Waals surface area contributed by atoms with Crippen molar-refractivity contribution in [1.29, 1.82) is 0 Å². The Morgan fingerprint density at radius 2 is 2.03 bits per heavy atom. The van der Waals surface area contributed by atoms with Gasteiger partial charge in [-0.2, -0.15) is 23.4 Å². The lowest BCUT2D eigenvalue weighted by Gasteiger charge is -2.34. The highest BCUT2D eigenvalue weighted by Gasteiger charge is 2.35. The molecular formula is C21H20F3N7O. The molecule has 1 aliphatic heterocycles. The fourth-order valence-corrected chi connectivity index (χ4v) is 4.01. The van der Waals surface area contributed by atoms with Crippen LogP contribution in [0.25, 0.3) is 33.5 Å². The highest BCUT2D eigenvalue weighted by molar-refractivity contribution is 6.01. The molecule has 1 atom stereocenters. The Balaban J connectivity index is 1.78. The second-order valence-electron chi connectivity index (χ2n) is 7.71. The highest BCUT2D eigenvalue weighted by Crippen LogP contribution is 2.37. The van der Waals surface area contributed by atoms with Crippen molar-refractivity contribution >= 4 is 16.7 Å². The maximum absolute atomic E-state index is 13.4. The number of hydrogen-bond acceptors (Lipinski definition) is 6. The molecule has 1 saturated heterocycles. The molecule has 1 fully saturated rings. The monoisotopic (exact) mass is 443 g/mol. The Morgan fingerprint density at radius 3 is 2.72 bits per heavy atom. The fraction of sp³-hybridized carbons (Fsp3) is 0.333. The lowest BCUT2D eigenvalue weighted by atomic mass is 10.0. The van der Waals surface area contributed by atoms with E-state index in [2.05, 4.69) is 25.2 Å². The molecule has 0 bridgehead atoms. The summed E-state index contributed by atoms with van der Waals surface area (Å²) in [5, 5.41) is 11.3. The predicted molar refractivity (Wildman–Crippen MR) is 112 cm³/mol. The molecular weight excluding hydrogens is 423 g/mol. The van der Waals surface area contributed by atoms with Gasteiger partial charge in [0.15, 0.2) is 5.69 Å². The van der Waals surface area contributed by atoms with Crippen LogP contribution in [0.5, 0.6) is 0 Å². The number of anilines is 1. The van der Waals surface area contributed by atoms with Gasteiger partial charge in [-0.05, 0) is 31.2 Å². The van der Waals surface area contributed by atoms with Crippen LogP contribution in [0.3, 0.4) is 0 Å². The maximum Gasteiger partial charge on any atom is 0.435 e. The molecule has 1 N–H and O–H groups in total. The van der Waals surface area contributed by atoms with Crippen LogP contribution < -0.4 is 4.90 Å². The largest absolute Gasteiger partial charge is 0.435 e. The molecule has 8 nitrogen and oxygen atoms in total. The Kier molecular flexibility index (Phi) is 4.85. The van der Waals surface area contributed by atoms with Crippen molar-refractivity contribution in [3.05, 3.63) is 42.4 Å². The highest BCUT2D eigenvalue weighted by atomic mass is 19.4. The minimum absolute atomic E-state index is 0.0612. The van der Waals surface area contributed by atoms with Crippen LogP contribution in [0, 0.1) is 0 Å². The van der Waals surface area contributed by atoms with Crippen LogP contribution in [0.4, 0.5) is 19.0 Å². The number of hydrogen-bond donors (Lipinski definition) is 1. The minimum atomic E-state index is -4.54. The average molecular weight is 443 g/mol. The first-order valence-electron chi connectivity index (χ1n) is 10.1. The minimum Gasteiger partial charge on any atom is -0.377 e. The molecule has 1 aliphatic rings. The SMILES string of the molecule is CC1COCCN1c1cc(-c2cc(C(F)(F)F)nn2C)c2ccnc(-c3ccn[nH]3)c2n1. The smallest absolute Gasteiger partial charge is 0.377 e. The van der Waals surface area contributed by atoms with Gasteiger partial charge in [0.05, 0.1) is 30.6 Å². The fourth-order valence-electron chi connectivity index (χ4n) is 4.01. The van der Waals surface area contributed by atoms with Crippen molar-refractivity contribution in [2.45, 2.75) is 19.1 Å². The van der Waals surface area contributed by atoms with Gasteiger partial charge in [-0.3, -0.25) is 14.8 Å². The number of rotatable bonds is 3. The van der Waals surface area contributed by atoms with E-state index in [9.17, 15) is 13.2 Å². The van der Waals surface area contributed by atoms with Crippen molar-refractivity contribution in [2.75, 3.05) is 24.7 Å². The molecule has 4 aromatic rings. The van der Waals surface area contributed by atoms with Crippen molar-refractivity contribution < 1.29 is 17.9 Å². The number of aromatic nitrogens is 6. The average Bonchev–Trinajstić information content (AvgIpc) is 3.43. The molecule has 0 amide bonds. The summed E-state index contributed by atoms with van der Waals surface area (Å²) in [6.07, 6.45) is -1.31. The molecule has 0 radical (unpaired) electrons. The van der Waals surface area contributed by atoms with E-state index in [-0.39, 0.29) is 6.04 Å².